The number of aromatic nitrogens is 1. The Hall–Kier alpha value is -2.60. The van der Waals surface area contributed by atoms with Gasteiger partial charge in [0.25, 0.3) is 5.91 Å². The summed E-state index contributed by atoms with van der Waals surface area (Å²) in [4.78, 5) is 40.8. The van der Waals surface area contributed by atoms with E-state index in [2.05, 4.69) is 10.3 Å². The van der Waals surface area contributed by atoms with Gasteiger partial charge in [0.2, 0.25) is 0 Å². The molecule has 0 spiro atoms. The average Bonchev–Trinajstić information content (AvgIpc) is 2.63. The van der Waals surface area contributed by atoms with Crippen LogP contribution in [0.1, 0.15) is 46.1 Å². The number of nitrogens with zero attached hydrogens (tertiary/aromatic N) is 1. The Morgan fingerprint density at radius 3 is 2.27 bits per heavy atom. The molecule has 0 fully saturated rings. The first-order chi connectivity index (χ1) is 12.1. The van der Waals surface area contributed by atoms with E-state index in [-0.39, 0.29) is 31.0 Å². The summed E-state index contributed by atoms with van der Waals surface area (Å²) in [5.74, 6) is -0.864. The van der Waals surface area contributed by atoms with Crippen LogP contribution in [-0.2, 0) is 20.9 Å². The molecule has 0 aromatic carbocycles. The van der Waals surface area contributed by atoms with Crippen molar-refractivity contribution in [3.63, 3.8) is 0 Å². The predicted molar refractivity (Wildman–Crippen MR) is 97.0 cm³/mol. The van der Waals surface area contributed by atoms with Gasteiger partial charge in [-0.05, 0) is 58.2 Å². The molecule has 1 aromatic rings. The van der Waals surface area contributed by atoms with E-state index in [1.807, 2.05) is 0 Å². The van der Waals surface area contributed by atoms with E-state index < -0.39 is 11.5 Å². The van der Waals surface area contributed by atoms with Gasteiger partial charge < -0.3 is 10.4 Å². The van der Waals surface area contributed by atoms with Crippen molar-refractivity contribution in [3.05, 3.63) is 52.4 Å². The number of hydrogen-bond donors (Lipinski definition) is 2. The molecule has 6 heteroatoms. The Labute approximate surface area is 153 Å². The fourth-order valence-corrected chi connectivity index (χ4v) is 2.81. The van der Waals surface area contributed by atoms with Crippen molar-refractivity contribution in [3.8, 4) is 0 Å². The summed E-state index contributed by atoms with van der Waals surface area (Å²) < 4.78 is 0. The number of nitrogens with one attached hydrogen (secondary N) is 1. The monoisotopic (exact) mass is 356 g/mol. The van der Waals surface area contributed by atoms with Gasteiger partial charge in [-0.15, -0.1) is 0 Å². The summed E-state index contributed by atoms with van der Waals surface area (Å²) in [7, 11) is 0. The van der Waals surface area contributed by atoms with Gasteiger partial charge in [-0.3, -0.25) is 19.4 Å². The van der Waals surface area contributed by atoms with Crippen LogP contribution in [0.15, 0.2) is 46.8 Å². The van der Waals surface area contributed by atoms with Crippen LogP contribution in [-0.4, -0.2) is 33.2 Å². The van der Waals surface area contributed by atoms with Gasteiger partial charge in [0.05, 0.1) is 0 Å². The van der Waals surface area contributed by atoms with Crippen LogP contribution in [0.5, 0.6) is 0 Å². The van der Waals surface area contributed by atoms with Gasteiger partial charge in [-0.2, -0.15) is 0 Å². The predicted octanol–water partition coefficient (Wildman–Crippen LogP) is 2.03. The molecule has 1 unspecified atom stereocenters. The van der Waals surface area contributed by atoms with Gasteiger partial charge in [0.1, 0.15) is 5.60 Å². The first-order valence-corrected chi connectivity index (χ1v) is 8.51. The van der Waals surface area contributed by atoms with Crippen LogP contribution in [0.25, 0.3) is 0 Å². The van der Waals surface area contributed by atoms with E-state index in [0.29, 0.717) is 22.3 Å². The van der Waals surface area contributed by atoms with E-state index >= 15 is 0 Å². The minimum atomic E-state index is -1.65. The third-order valence-corrected chi connectivity index (χ3v) is 4.86. The highest BCUT2D eigenvalue weighted by Crippen LogP contribution is 2.28. The SMILES string of the molecule is CC1=C(C)C(=O)C(CCC(C)(O)C(=O)NCc2ccncc2)=C(C)C1=O. The lowest BCUT2D eigenvalue weighted by atomic mass is 9.82. The summed E-state index contributed by atoms with van der Waals surface area (Å²) in [6.45, 7) is 6.56. The second-order valence-electron chi connectivity index (χ2n) is 6.82. The number of Topliss-reactive ketones (excluding diaryl/α,β-unsaturated/α-hetero) is 2. The zero-order valence-corrected chi connectivity index (χ0v) is 15.5. The van der Waals surface area contributed by atoms with Crippen molar-refractivity contribution < 1.29 is 19.5 Å². The minimum Gasteiger partial charge on any atom is -0.380 e. The van der Waals surface area contributed by atoms with E-state index in [9.17, 15) is 19.5 Å². The molecule has 0 bridgehead atoms. The normalized spacial score (nSPS) is 17.4. The number of amides is 1. The molecule has 2 rings (SSSR count). The second kappa shape index (κ2) is 7.74. The van der Waals surface area contributed by atoms with E-state index in [0.717, 1.165) is 5.56 Å². The van der Waals surface area contributed by atoms with Crippen LogP contribution < -0.4 is 5.32 Å². The smallest absolute Gasteiger partial charge is 0.251 e. The topological polar surface area (TPSA) is 96.4 Å². The Morgan fingerprint density at radius 1 is 1.08 bits per heavy atom. The molecule has 6 nitrogen and oxygen atoms in total. The summed E-state index contributed by atoms with van der Waals surface area (Å²) in [6.07, 6.45) is 3.46. The molecule has 1 heterocycles. The molecule has 0 radical (unpaired) electrons. The molecule has 1 amide bonds. The lowest BCUT2D eigenvalue weighted by Gasteiger charge is -2.24. The van der Waals surface area contributed by atoms with E-state index in [1.54, 1.807) is 45.3 Å². The fraction of sp³-hybridized carbons (Fsp3) is 0.400. The summed E-state index contributed by atoms with van der Waals surface area (Å²) in [6, 6.07) is 3.54. The molecule has 0 saturated carbocycles. The number of hydrogen-bond acceptors (Lipinski definition) is 5. The first-order valence-electron chi connectivity index (χ1n) is 8.51. The average molecular weight is 356 g/mol. The molecule has 138 valence electrons. The molecular formula is C20H24N2O4. The molecule has 0 saturated heterocycles. The minimum absolute atomic E-state index is 0.0488. The van der Waals surface area contributed by atoms with Crippen molar-refractivity contribution in [1.82, 2.24) is 10.3 Å². The van der Waals surface area contributed by atoms with Gasteiger partial charge in [-0.1, -0.05) is 0 Å². The van der Waals surface area contributed by atoms with Crippen LogP contribution in [0.3, 0.4) is 0 Å². The Bertz CT molecular complexity index is 804. The summed E-state index contributed by atoms with van der Waals surface area (Å²) in [5, 5.41) is 13.2. The van der Waals surface area contributed by atoms with Crippen molar-refractivity contribution >= 4 is 17.5 Å². The molecule has 1 aliphatic rings. The van der Waals surface area contributed by atoms with Crippen molar-refractivity contribution in [2.75, 3.05) is 0 Å². The van der Waals surface area contributed by atoms with Crippen molar-refractivity contribution in [2.45, 2.75) is 52.7 Å². The number of allylic oxidation sites excluding steroid dienone is 4. The van der Waals surface area contributed by atoms with Crippen LogP contribution in [0.4, 0.5) is 0 Å². The second-order valence-corrected chi connectivity index (χ2v) is 6.82. The molecule has 2 N–H and O–H groups in total. The van der Waals surface area contributed by atoms with Gasteiger partial charge in [0.15, 0.2) is 11.6 Å². The third-order valence-electron chi connectivity index (χ3n) is 4.86. The fourth-order valence-electron chi connectivity index (χ4n) is 2.81. The number of rotatable bonds is 6. The maximum Gasteiger partial charge on any atom is 0.251 e. The summed E-state index contributed by atoms with van der Waals surface area (Å²) >= 11 is 0. The van der Waals surface area contributed by atoms with Crippen molar-refractivity contribution in [2.24, 2.45) is 0 Å². The number of ketones is 2. The summed E-state index contributed by atoms with van der Waals surface area (Å²) in [5.41, 5.74) is 0.877. The van der Waals surface area contributed by atoms with E-state index in [4.69, 9.17) is 0 Å². The molecule has 1 aromatic heterocycles. The third kappa shape index (κ3) is 4.14. The Balaban J connectivity index is 2.02. The highest BCUT2D eigenvalue weighted by molar-refractivity contribution is 6.24. The Morgan fingerprint density at radius 2 is 1.65 bits per heavy atom. The quantitative estimate of drug-likeness (QED) is 0.760. The van der Waals surface area contributed by atoms with Crippen molar-refractivity contribution in [1.29, 1.82) is 0 Å². The number of aliphatic hydroxyl groups is 1. The number of carbonyl (C=O) groups excluding carboxylic acids is 3. The Kier molecular flexibility index (Phi) is 5.87. The highest BCUT2D eigenvalue weighted by Gasteiger charge is 2.33. The van der Waals surface area contributed by atoms with Crippen LogP contribution >= 0.6 is 0 Å². The van der Waals surface area contributed by atoms with Gasteiger partial charge >= 0.3 is 0 Å². The molecule has 0 aliphatic heterocycles. The lowest BCUT2D eigenvalue weighted by molar-refractivity contribution is -0.139. The number of pyridine rings is 1. The largest absolute Gasteiger partial charge is 0.380 e. The zero-order chi connectivity index (χ0) is 19.5. The van der Waals surface area contributed by atoms with Crippen LogP contribution in [0, 0.1) is 0 Å². The van der Waals surface area contributed by atoms with Gasteiger partial charge in [0, 0.05) is 41.2 Å². The standard InChI is InChI=1S/C20H24N2O4/c1-12-13(2)18(24)16(14(3)17(12)23)5-8-20(4,26)19(25)22-11-15-6-9-21-10-7-15/h6-7,9-10,26H,5,8,11H2,1-4H3,(H,22,25). The van der Waals surface area contributed by atoms with E-state index in [1.165, 1.54) is 6.92 Å². The highest BCUT2D eigenvalue weighted by atomic mass is 16.3. The lowest BCUT2D eigenvalue weighted by Crippen LogP contribution is -2.44. The van der Waals surface area contributed by atoms with Crippen LogP contribution in [0.2, 0.25) is 0 Å². The molecule has 1 atom stereocenters. The maximum atomic E-state index is 12.4. The number of carbonyl (C=O) groups is 3. The van der Waals surface area contributed by atoms with Gasteiger partial charge in [-0.25, -0.2) is 0 Å². The maximum absolute atomic E-state index is 12.4. The zero-order valence-electron chi connectivity index (χ0n) is 15.5. The molecular weight excluding hydrogens is 332 g/mol. The molecule has 1 aliphatic carbocycles. The molecule has 26 heavy (non-hydrogen) atoms. The first kappa shape index (κ1) is 19.7.